The van der Waals surface area contributed by atoms with Crippen LogP contribution in [0.1, 0.15) is 44.7 Å². The molecule has 6 nitrogen and oxygen atoms in total. The average Bonchev–Trinajstić information content (AvgIpc) is 3.09. The van der Waals surface area contributed by atoms with Gasteiger partial charge in [0.2, 0.25) is 0 Å². The van der Waals surface area contributed by atoms with Crippen molar-refractivity contribution in [2.45, 2.75) is 45.2 Å². The molecule has 2 aliphatic rings. The van der Waals surface area contributed by atoms with Crippen molar-refractivity contribution < 1.29 is 4.79 Å². The summed E-state index contributed by atoms with van der Waals surface area (Å²) in [5, 5.41) is 1.24. The van der Waals surface area contributed by atoms with Gasteiger partial charge in [-0.3, -0.25) is 9.69 Å². The summed E-state index contributed by atoms with van der Waals surface area (Å²) in [4.78, 5) is 24.4. The van der Waals surface area contributed by atoms with E-state index in [0.29, 0.717) is 5.69 Å². The van der Waals surface area contributed by atoms with Crippen LogP contribution >= 0.6 is 11.3 Å². The lowest BCUT2D eigenvalue weighted by Gasteiger charge is -2.17. The summed E-state index contributed by atoms with van der Waals surface area (Å²) >= 11 is 1.89. The third kappa shape index (κ3) is 3.03. The fourth-order valence-electron chi connectivity index (χ4n) is 3.41. The number of aryl methyl sites for hydroxylation is 2. The molecule has 0 saturated carbocycles. The molecule has 0 bridgehead atoms. The number of imidazole rings is 1. The van der Waals surface area contributed by atoms with Crippen molar-refractivity contribution in [2.75, 3.05) is 13.1 Å². The van der Waals surface area contributed by atoms with E-state index in [1.807, 2.05) is 11.3 Å². The highest BCUT2D eigenvalue weighted by Crippen LogP contribution is 2.27. The van der Waals surface area contributed by atoms with Crippen LogP contribution in [0, 0.1) is 0 Å². The first-order chi connectivity index (χ1) is 11.2. The van der Waals surface area contributed by atoms with Crippen LogP contribution in [0.4, 0.5) is 0 Å². The molecule has 0 spiro atoms. The Balaban J connectivity index is 1.43. The van der Waals surface area contributed by atoms with Crippen LogP contribution < -0.4 is 5.73 Å². The number of amides is 1. The summed E-state index contributed by atoms with van der Waals surface area (Å²) in [5.74, 6) is 0.510. The number of hydrogen-bond donors (Lipinski definition) is 1. The minimum absolute atomic E-state index is 0.376. The Bertz CT molecular complexity index is 686. The van der Waals surface area contributed by atoms with Crippen molar-refractivity contribution in [1.82, 2.24) is 19.4 Å². The molecule has 2 N–H and O–H groups in total. The van der Waals surface area contributed by atoms with Gasteiger partial charge in [0.25, 0.3) is 5.91 Å². The molecule has 0 saturated heterocycles. The quantitative estimate of drug-likeness (QED) is 0.922. The van der Waals surface area contributed by atoms with E-state index in [1.165, 1.54) is 34.8 Å². The van der Waals surface area contributed by atoms with Gasteiger partial charge in [-0.05, 0) is 25.7 Å². The van der Waals surface area contributed by atoms with Gasteiger partial charge < -0.3 is 10.3 Å². The largest absolute Gasteiger partial charge is 0.364 e. The molecule has 0 aromatic carbocycles. The summed E-state index contributed by atoms with van der Waals surface area (Å²) in [7, 11) is 0. The Morgan fingerprint density at radius 3 is 2.87 bits per heavy atom. The number of fused-ring (bicyclic) bond motifs is 2. The molecular weight excluding hydrogens is 310 g/mol. The Morgan fingerprint density at radius 2 is 2.04 bits per heavy atom. The zero-order valence-corrected chi connectivity index (χ0v) is 13.9. The van der Waals surface area contributed by atoms with Crippen LogP contribution in [0.2, 0.25) is 0 Å². The third-order valence-corrected chi connectivity index (χ3v) is 5.81. The molecule has 23 heavy (non-hydrogen) atoms. The first kappa shape index (κ1) is 14.8. The van der Waals surface area contributed by atoms with Gasteiger partial charge in [0, 0.05) is 37.1 Å². The Kier molecular flexibility index (Phi) is 3.90. The normalized spacial score (nSPS) is 18.3. The molecule has 0 fully saturated rings. The van der Waals surface area contributed by atoms with Gasteiger partial charge in [-0.15, -0.1) is 11.3 Å². The van der Waals surface area contributed by atoms with Crippen LogP contribution in [-0.2, 0) is 32.4 Å². The second-order valence-corrected chi connectivity index (χ2v) is 7.48. The predicted octanol–water partition coefficient (Wildman–Crippen LogP) is 1.38. The smallest absolute Gasteiger partial charge is 0.268 e. The lowest BCUT2D eigenvalue weighted by atomic mass is 10.0. The molecule has 4 rings (SSSR count). The van der Waals surface area contributed by atoms with Gasteiger partial charge in [-0.2, -0.15) is 0 Å². The maximum atomic E-state index is 11.2. The van der Waals surface area contributed by atoms with Crippen LogP contribution in [0.25, 0.3) is 0 Å². The van der Waals surface area contributed by atoms with E-state index < -0.39 is 5.91 Å². The highest BCUT2D eigenvalue weighted by molar-refractivity contribution is 7.11. The van der Waals surface area contributed by atoms with Gasteiger partial charge in [0.05, 0.1) is 12.2 Å². The third-order valence-electron chi connectivity index (χ3n) is 4.67. The van der Waals surface area contributed by atoms with E-state index in [0.717, 1.165) is 44.8 Å². The number of nitrogens with zero attached hydrogens (tertiary/aromatic N) is 4. The molecule has 1 aliphatic carbocycles. The lowest BCUT2D eigenvalue weighted by molar-refractivity contribution is 0.0995. The highest BCUT2D eigenvalue weighted by atomic mass is 32.1. The summed E-state index contributed by atoms with van der Waals surface area (Å²) in [6.45, 7) is 3.66. The van der Waals surface area contributed by atoms with E-state index in [1.54, 1.807) is 6.20 Å². The molecule has 2 aromatic heterocycles. The zero-order valence-electron chi connectivity index (χ0n) is 13.1. The van der Waals surface area contributed by atoms with Gasteiger partial charge in [0.1, 0.15) is 16.5 Å². The Labute approximate surface area is 139 Å². The number of carbonyl (C=O) groups is 1. The minimum Gasteiger partial charge on any atom is -0.364 e. The molecule has 3 heterocycles. The number of carbonyl (C=O) groups excluding carboxylic acids is 1. The number of thiazole rings is 1. The predicted molar refractivity (Wildman–Crippen MR) is 88.5 cm³/mol. The van der Waals surface area contributed by atoms with Crippen molar-refractivity contribution >= 4 is 17.2 Å². The maximum absolute atomic E-state index is 11.2. The highest BCUT2D eigenvalue weighted by Gasteiger charge is 2.20. The summed E-state index contributed by atoms with van der Waals surface area (Å²) in [6, 6.07) is 0. The van der Waals surface area contributed by atoms with Crippen LogP contribution in [0.15, 0.2) is 6.20 Å². The maximum Gasteiger partial charge on any atom is 0.268 e. The number of rotatable bonds is 3. The van der Waals surface area contributed by atoms with Crippen LogP contribution in [0.5, 0.6) is 0 Å². The monoisotopic (exact) mass is 331 g/mol. The summed E-state index contributed by atoms with van der Waals surface area (Å²) in [5.41, 5.74) is 7.02. The molecule has 7 heteroatoms. The van der Waals surface area contributed by atoms with E-state index in [-0.39, 0.29) is 0 Å². The second-order valence-electron chi connectivity index (χ2n) is 6.31. The molecule has 0 unspecified atom stereocenters. The number of hydrogen-bond acceptors (Lipinski definition) is 5. The van der Waals surface area contributed by atoms with Gasteiger partial charge >= 0.3 is 0 Å². The molecule has 2 aromatic rings. The zero-order chi connectivity index (χ0) is 15.8. The van der Waals surface area contributed by atoms with Crippen LogP contribution in [0.3, 0.4) is 0 Å². The average molecular weight is 331 g/mol. The van der Waals surface area contributed by atoms with E-state index in [2.05, 4.69) is 14.5 Å². The fourth-order valence-corrected chi connectivity index (χ4v) is 4.61. The molecule has 1 amide bonds. The van der Waals surface area contributed by atoms with Crippen molar-refractivity contribution in [2.24, 2.45) is 5.73 Å². The SMILES string of the molecule is NC(=O)c1cn2c(n1)CCN(Cc1nc3c(s1)CCCC3)CC2. The standard InChI is InChI=1S/C16H21N5OS/c17-16(22)12-9-21-8-7-20(6-5-14(21)18-12)10-15-19-11-3-1-2-4-13(11)23-15/h9H,1-8,10H2,(H2,17,22). The number of aromatic nitrogens is 3. The van der Waals surface area contributed by atoms with Gasteiger partial charge in [-0.25, -0.2) is 9.97 Å². The van der Waals surface area contributed by atoms with Crippen LogP contribution in [-0.4, -0.2) is 38.4 Å². The Hall–Kier alpha value is -1.73. The lowest BCUT2D eigenvalue weighted by Crippen LogP contribution is -2.26. The Morgan fingerprint density at radius 1 is 1.17 bits per heavy atom. The van der Waals surface area contributed by atoms with Crippen molar-refractivity contribution in [3.63, 3.8) is 0 Å². The van der Waals surface area contributed by atoms with Gasteiger partial charge in [0.15, 0.2) is 0 Å². The van der Waals surface area contributed by atoms with E-state index in [4.69, 9.17) is 10.7 Å². The fraction of sp³-hybridized carbons (Fsp3) is 0.562. The molecule has 0 atom stereocenters. The first-order valence-electron chi connectivity index (χ1n) is 8.25. The van der Waals surface area contributed by atoms with Crippen molar-refractivity contribution in [3.05, 3.63) is 33.3 Å². The summed E-state index contributed by atoms with van der Waals surface area (Å²) < 4.78 is 2.06. The first-order valence-corrected chi connectivity index (χ1v) is 9.06. The van der Waals surface area contributed by atoms with E-state index in [9.17, 15) is 4.79 Å². The second kappa shape index (κ2) is 6.05. The van der Waals surface area contributed by atoms with Crippen molar-refractivity contribution in [3.8, 4) is 0 Å². The molecular formula is C16H21N5OS. The summed E-state index contributed by atoms with van der Waals surface area (Å²) in [6.07, 6.45) is 7.57. The van der Waals surface area contributed by atoms with E-state index >= 15 is 0 Å². The molecule has 0 radical (unpaired) electrons. The molecule has 122 valence electrons. The minimum atomic E-state index is -0.448. The topological polar surface area (TPSA) is 77.0 Å². The van der Waals surface area contributed by atoms with Gasteiger partial charge in [-0.1, -0.05) is 0 Å². The number of nitrogens with two attached hydrogens (primary N) is 1. The van der Waals surface area contributed by atoms with Crippen molar-refractivity contribution in [1.29, 1.82) is 0 Å². The molecule has 1 aliphatic heterocycles. The number of primary amides is 1.